The summed E-state index contributed by atoms with van der Waals surface area (Å²) in [5.41, 5.74) is 8.93. The minimum absolute atomic E-state index is 0.0359. The van der Waals surface area contributed by atoms with Crippen LogP contribution in [0, 0.1) is 5.82 Å². The van der Waals surface area contributed by atoms with Crippen molar-refractivity contribution >= 4 is 37.8 Å². The number of nitrogen functional groups attached to an aromatic ring is 1. The Kier molecular flexibility index (Phi) is 5.50. The van der Waals surface area contributed by atoms with Gasteiger partial charge in [0, 0.05) is 6.07 Å². The fourth-order valence-electron chi connectivity index (χ4n) is 3.40. The standard InChI is InChI=1S/C14H10FN5S.C6H12O/c15-9-4-11-13(17-5-9)20(7-18-11)6-8-1-2-10-12(3-8)21-14(16)19-10;7-6-4-2-1-3-5-6/h1-5,7H,6H2,(H2,16,19);6-7H,1-5H2. The van der Waals surface area contributed by atoms with Crippen molar-refractivity contribution in [3.8, 4) is 0 Å². The first-order valence-electron chi connectivity index (χ1n) is 9.38. The lowest BCUT2D eigenvalue weighted by Gasteiger charge is -2.14. The Labute approximate surface area is 165 Å². The average Bonchev–Trinajstić information content (AvgIpc) is 3.24. The maximum Gasteiger partial charge on any atom is 0.181 e. The van der Waals surface area contributed by atoms with Crippen molar-refractivity contribution < 1.29 is 9.50 Å². The van der Waals surface area contributed by atoms with Gasteiger partial charge in [-0.3, -0.25) is 0 Å². The number of hydrogen-bond acceptors (Lipinski definition) is 6. The SMILES string of the molecule is Nc1nc2ccc(Cn3cnc4cc(F)cnc43)cc2s1.OC1CCCCC1. The van der Waals surface area contributed by atoms with Gasteiger partial charge in [-0.15, -0.1) is 0 Å². The summed E-state index contributed by atoms with van der Waals surface area (Å²) in [5, 5.41) is 9.47. The van der Waals surface area contributed by atoms with Crippen LogP contribution in [0.25, 0.3) is 21.4 Å². The van der Waals surface area contributed by atoms with Gasteiger partial charge >= 0.3 is 0 Å². The molecule has 0 aliphatic heterocycles. The first-order valence-corrected chi connectivity index (χ1v) is 10.2. The number of hydrogen-bond donors (Lipinski definition) is 2. The van der Waals surface area contributed by atoms with Crippen molar-refractivity contribution in [2.45, 2.75) is 44.8 Å². The number of fused-ring (bicyclic) bond motifs is 2. The molecule has 0 unspecified atom stereocenters. The summed E-state index contributed by atoms with van der Waals surface area (Å²) < 4.78 is 16.1. The molecule has 0 saturated heterocycles. The third kappa shape index (κ3) is 4.28. The van der Waals surface area contributed by atoms with Gasteiger partial charge in [0.25, 0.3) is 0 Å². The smallest absolute Gasteiger partial charge is 0.181 e. The average molecular weight is 399 g/mol. The largest absolute Gasteiger partial charge is 0.393 e. The Morgan fingerprint density at radius 2 is 1.96 bits per heavy atom. The molecule has 1 aliphatic carbocycles. The zero-order chi connectivity index (χ0) is 19.5. The van der Waals surface area contributed by atoms with Crippen LogP contribution in [-0.2, 0) is 6.54 Å². The number of aliphatic hydroxyl groups excluding tert-OH is 1. The van der Waals surface area contributed by atoms with Crippen LogP contribution in [0.15, 0.2) is 36.8 Å². The van der Waals surface area contributed by atoms with Crippen molar-refractivity contribution in [1.82, 2.24) is 19.5 Å². The minimum Gasteiger partial charge on any atom is -0.393 e. The van der Waals surface area contributed by atoms with E-state index in [2.05, 4.69) is 21.0 Å². The molecule has 0 radical (unpaired) electrons. The van der Waals surface area contributed by atoms with Gasteiger partial charge in [-0.05, 0) is 30.5 Å². The quantitative estimate of drug-likeness (QED) is 0.529. The maximum atomic E-state index is 13.1. The maximum absolute atomic E-state index is 13.1. The number of halogens is 1. The van der Waals surface area contributed by atoms with Crippen molar-refractivity contribution in [2.24, 2.45) is 0 Å². The van der Waals surface area contributed by atoms with Gasteiger partial charge in [0.15, 0.2) is 10.8 Å². The van der Waals surface area contributed by atoms with E-state index in [1.54, 1.807) is 6.33 Å². The van der Waals surface area contributed by atoms with E-state index in [-0.39, 0.29) is 11.9 Å². The highest BCUT2D eigenvalue weighted by Crippen LogP contribution is 2.25. The number of anilines is 1. The summed E-state index contributed by atoms with van der Waals surface area (Å²) in [5.74, 6) is -0.380. The monoisotopic (exact) mass is 399 g/mol. The second kappa shape index (κ2) is 8.20. The van der Waals surface area contributed by atoms with Crippen LogP contribution in [0.1, 0.15) is 37.7 Å². The highest BCUT2D eigenvalue weighted by atomic mass is 32.1. The second-order valence-corrected chi connectivity index (χ2v) is 8.08. The number of aromatic nitrogens is 4. The van der Waals surface area contributed by atoms with Crippen molar-refractivity contribution in [1.29, 1.82) is 0 Å². The van der Waals surface area contributed by atoms with Crippen LogP contribution in [0.2, 0.25) is 0 Å². The number of pyridine rings is 1. The van der Waals surface area contributed by atoms with Crippen LogP contribution in [-0.4, -0.2) is 30.7 Å². The van der Waals surface area contributed by atoms with Crippen LogP contribution in [0.3, 0.4) is 0 Å². The number of thiazole rings is 1. The fraction of sp³-hybridized carbons (Fsp3) is 0.350. The Morgan fingerprint density at radius 3 is 2.71 bits per heavy atom. The van der Waals surface area contributed by atoms with Crippen molar-refractivity contribution in [2.75, 3.05) is 5.73 Å². The first kappa shape index (κ1) is 18.8. The van der Waals surface area contributed by atoms with Gasteiger partial charge in [-0.2, -0.15) is 0 Å². The molecular weight excluding hydrogens is 377 g/mol. The van der Waals surface area contributed by atoms with E-state index in [0.29, 0.717) is 22.8 Å². The summed E-state index contributed by atoms with van der Waals surface area (Å²) in [7, 11) is 0. The summed E-state index contributed by atoms with van der Waals surface area (Å²) in [4.78, 5) is 12.5. The van der Waals surface area contributed by atoms with Crippen LogP contribution >= 0.6 is 11.3 Å². The number of nitrogens with zero attached hydrogens (tertiary/aromatic N) is 4. The Hall–Kier alpha value is -2.58. The molecule has 5 rings (SSSR count). The lowest BCUT2D eigenvalue weighted by atomic mass is 9.98. The molecule has 1 saturated carbocycles. The summed E-state index contributed by atoms with van der Waals surface area (Å²) in [6.07, 6.45) is 8.80. The van der Waals surface area contributed by atoms with E-state index in [1.807, 2.05) is 16.7 Å². The summed E-state index contributed by atoms with van der Waals surface area (Å²) in [6, 6.07) is 7.38. The normalized spacial score (nSPS) is 14.9. The first-order chi connectivity index (χ1) is 13.6. The van der Waals surface area contributed by atoms with Gasteiger partial charge in [0.1, 0.15) is 11.3 Å². The van der Waals surface area contributed by atoms with Crippen molar-refractivity contribution in [3.05, 3.63) is 48.2 Å². The number of benzene rings is 1. The number of nitrogens with two attached hydrogens (primary N) is 1. The molecule has 4 aromatic rings. The van der Waals surface area contributed by atoms with Crippen LogP contribution < -0.4 is 5.73 Å². The molecule has 3 aromatic heterocycles. The number of rotatable bonds is 2. The zero-order valence-corrected chi connectivity index (χ0v) is 16.2. The molecule has 0 spiro atoms. The third-order valence-corrected chi connectivity index (χ3v) is 5.67. The highest BCUT2D eigenvalue weighted by molar-refractivity contribution is 7.22. The van der Waals surface area contributed by atoms with E-state index in [1.165, 1.54) is 42.9 Å². The van der Waals surface area contributed by atoms with Gasteiger partial charge in [0.2, 0.25) is 0 Å². The van der Waals surface area contributed by atoms with E-state index in [0.717, 1.165) is 28.6 Å². The van der Waals surface area contributed by atoms with Crippen LogP contribution in [0.4, 0.5) is 9.52 Å². The Balaban J connectivity index is 0.000000233. The molecule has 8 heteroatoms. The molecular formula is C20H22FN5OS. The summed E-state index contributed by atoms with van der Waals surface area (Å²) >= 11 is 1.46. The molecule has 0 bridgehead atoms. The van der Waals surface area contributed by atoms with E-state index >= 15 is 0 Å². The Morgan fingerprint density at radius 1 is 1.14 bits per heavy atom. The molecule has 3 heterocycles. The number of imidazole rings is 1. The predicted octanol–water partition coefficient (Wildman–Crippen LogP) is 4.12. The molecule has 3 N–H and O–H groups in total. The lowest BCUT2D eigenvalue weighted by Crippen LogP contribution is -2.09. The van der Waals surface area contributed by atoms with Crippen LogP contribution in [0.5, 0.6) is 0 Å². The highest BCUT2D eigenvalue weighted by Gasteiger charge is 2.08. The molecule has 6 nitrogen and oxygen atoms in total. The lowest BCUT2D eigenvalue weighted by molar-refractivity contribution is 0.130. The van der Waals surface area contributed by atoms with Gasteiger partial charge in [-0.25, -0.2) is 19.3 Å². The fourth-order valence-corrected chi connectivity index (χ4v) is 4.20. The van der Waals surface area contributed by atoms with E-state index in [9.17, 15) is 4.39 Å². The number of aliphatic hydroxyl groups is 1. The third-order valence-electron chi connectivity index (χ3n) is 4.82. The molecule has 146 valence electrons. The van der Waals surface area contributed by atoms with Gasteiger partial charge < -0.3 is 15.4 Å². The predicted molar refractivity (Wildman–Crippen MR) is 110 cm³/mol. The van der Waals surface area contributed by atoms with E-state index in [4.69, 9.17) is 10.8 Å². The molecule has 1 aliphatic rings. The molecule has 28 heavy (non-hydrogen) atoms. The summed E-state index contributed by atoms with van der Waals surface area (Å²) in [6.45, 7) is 0.614. The van der Waals surface area contributed by atoms with E-state index < -0.39 is 0 Å². The van der Waals surface area contributed by atoms with Gasteiger partial charge in [-0.1, -0.05) is 36.7 Å². The second-order valence-electron chi connectivity index (χ2n) is 7.01. The molecule has 0 atom stereocenters. The molecule has 0 amide bonds. The topological polar surface area (TPSA) is 89.9 Å². The van der Waals surface area contributed by atoms with Gasteiger partial charge in [0.05, 0.1) is 35.4 Å². The Bertz CT molecular complexity index is 1090. The minimum atomic E-state index is -0.380. The zero-order valence-electron chi connectivity index (χ0n) is 15.4. The molecule has 1 aromatic carbocycles. The van der Waals surface area contributed by atoms with Crippen molar-refractivity contribution in [3.63, 3.8) is 0 Å². The molecule has 1 fully saturated rings.